The molecule has 1 fully saturated rings. The Balaban J connectivity index is 1.52. The molecule has 1 saturated heterocycles. The number of nitrogens with zero attached hydrogens (tertiary/aromatic N) is 3. The van der Waals surface area contributed by atoms with Crippen LogP contribution in [0.15, 0.2) is 48.7 Å². The lowest BCUT2D eigenvalue weighted by molar-refractivity contribution is -0.120. The van der Waals surface area contributed by atoms with Gasteiger partial charge in [0.1, 0.15) is 6.07 Å². The van der Waals surface area contributed by atoms with Gasteiger partial charge >= 0.3 is 0 Å². The molecule has 0 saturated carbocycles. The Kier molecular flexibility index (Phi) is 5.37. The lowest BCUT2D eigenvalue weighted by atomic mass is 9.94. The number of halogens is 1. The maximum atomic E-state index is 12.7. The fraction of sp³-hybridized carbons (Fsp3) is 0.261. The molecule has 0 bridgehead atoms. The lowest BCUT2D eigenvalue weighted by Gasteiger charge is -2.34. The molecule has 1 aliphatic heterocycles. The van der Waals surface area contributed by atoms with Crippen LogP contribution in [0.3, 0.4) is 0 Å². The van der Waals surface area contributed by atoms with E-state index in [9.17, 15) is 10.1 Å². The summed E-state index contributed by atoms with van der Waals surface area (Å²) >= 11 is 6.20. The van der Waals surface area contributed by atoms with Crippen LogP contribution in [-0.2, 0) is 4.79 Å². The number of aromatic nitrogens is 1. The summed E-state index contributed by atoms with van der Waals surface area (Å²) in [5.41, 5.74) is 4.14. The second-order valence-electron chi connectivity index (χ2n) is 7.41. The molecule has 29 heavy (non-hydrogen) atoms. The highest BCUT2D eigenvalue weighted by atomic mass is 35.5. The number of aryl methyl sites for hydroxylation is 1. The van der Waals surface area contributed by atoms with Gasteiger partial charge in [-0.3, -0.25) is 9.78 Å². The SMILES string of the molecule is Cc1cccc(NC(=O)C2CCN(c3c(C#N)cnc4ccc(Cl)cc34)CC2)c1. The summed E-state index contributed by atoms with van der Waals surface area (Å²) in [4.78, 5) is 19.2. The van der Waals surface area contributed by atoms with Crippen molar-refractivity contribution < 1.29 is 4.79 Å². The number of nitrogens with one attached hydrogen (secondary N) is 1. The Bertz CT molecular complexity index is 1110. The summed E-state index contributed by atoms with van der Waals surface area (Å²) in [6, 6.07) is 15.6. The third-order valence-electron chi connectivity index (χ3n) is 5.39. The maximum absolute atomic E-state index is 12.7. The minimum atomic E-state index is -0.0472. The van der Waals surface area contributed by atoms with E-state index < -0.39 is 0 Å². The second kappa shape index (κ2) is 8.10. The molecular formula is C23H21ClN4O. The van der Waals surface area contributed by atoms with Gasteiger partial charge in [-0.25, -0.2) is 0 Å². The van der Waals surface area contributed by atoms with E-state index >= 15 is 0 Å². The van der Waals surface area contributed by atoms with E-state index in [0.29, 0.717) is 23.7 Å². The summed E-state index contributed by atoms with van der Waals surface area (Å²) in [7, 11) is 0. The van der Waals surface area contributed by atoms with Crippen molar-refractivity contribution in [2.45, 2.75) is 19.8 Å². The Morgan fingerprint density at radius 1 is 1.24 bits per heavy atom. The molecular weight excluding hydrogens is 384 g/mol. The third-order valence-corrected chi connectivity index (χ3v) is 5.62. The van der Waals surface area contributed by atoms with Crippen molar-refractivity contribution in [3.05, 3.63) is 64.8 Å². The highest BCUT2D eigenvalue weighted by Crippen LogP contribution is 2.34. The topological polar surface area (TPSA) is 69.0 Å². The number of amides is 1. The molecule has 4 rings (SSSR count). The van der Waals surface area contributed by atoms with Gasteiger partial charge in [0.05, 0.1) is 16.8 Å². The van der Waals surface area contributed by atoms with Gasteiger partial charge in [0.2, 0.25) is 5.91 Å². The van der Waals surface area contributed by atoms with E-state index in [4.69, 9.17) is 11.6 Å². The molecule has 0 radical (unpaired) electrons. The van der Waals surface area contributed by atoms with Gasteiger partial charge in [0.25, 0.3) is 0 Å². The van der Waals surface area contributed by atoms with E-state index in [-0.39, 0.29) is 11.8 Å². The van der Waals surface area contributed by atoms with Gasteiger partial charge in [0.15, 0.2) is 0 Å². The number of nitriles is 1. The van der Waals surface area contributed by atoms with Crippen LogP contribution in [-0.4, -0.2) is 24.0 Å². The average molecular weight is 405 g/mol. The number of fused-ring (bicyclic) bond motifs is 1. The molecule has 6 heteroatoms. The van der Waals surface area contributed by atoms with Crippen molar-refractivity contribution in [1.29, 1.82) is 5.26 Å². The monoisotopic (exact) mass is 404 g/mol. The largest absolute Gasteiger partial charge is 0.370 e. The number of piperidine rings is 1. The van der Waals surface area contributed by atoms with Gasteiger partial charge in [-0.2, -0.15) is 5.26 Å². The Morgan fingerprint density at radius 2 is 2.03 bits per heavy atom. The fourth-order valence-corrected chi connectivity index (χ4v) is 4.08. The van der Waals surface area contributed by atoms with Crippen molar-refractivity contribution >= 4 is 39.8 Å². The Labute approximate surface area is 174 Å². The number of carbonyl (C=O) groups is 1. The van der Waals surface area contributed by atoms with Crippen molar-refractivity contribution in [3.8, 4) is 6.07 Å². The van der Waals surface area contributed by atoms with E-state index in [1.54, 1.807) is 12.3 Å². The van der Waals surface area contributed by atoms with Crippen LogP contribution < -0.4 is 10.2 Å². The maximum Gasteiger partial charge on any atom is 0.227 e. The molecule has 146 valence electrons. The summed E-state index contributed by atoms with van der Waals surface area (Å²) < 4.78 is 0. The third kappa shape index (κ3) is 4.03. The molecule has 1 N–H and O–H groups in total. The van der Waals surface area contributed by atoms with Crippen LogP contribution in [0.4, 0.5) is 11.4 Å². The molecule has 0 atom stereocenters. The predicted molar refractivity (Wildman–Crippen MR) is 116 cm³/mol. The van der Waals surface area contributed by atoms with Crippen LogP contribution >= 0.6 is 11.6 Å². The molecule has 2 heterocycles. The molecule has 0 aliphatic carbocycles. The summed E-state index contributed by atoms with van der Waals surface area (Å²) in [6.45, 7) is 3.41. The van der Waals surface area contributed by atoms with Gasteiger partial charge in [0, 0.05) is 41.3 Å². The van der Waals surface area contributed by atoms with Gasteiger partial charge in [-0.15, -0.1) is 0 Å². The first-order chi connectivity index (χ1) is 14.0. The molecule has 1 amide bonds. The highest BCUT2D eigenvalue weighted by molar-refractivity contribution is 6.31. The fourth-order valence-electron chi connectivity index (χ4n) is 3.91. The smallest absolute Gasteiger partial charge is 0.227 e. The number of hydrogen-bond acceptors (Lipinski definition) is 4. The molecule has 2 aromatic carbocycles. The lowest BCUT2D eigenvalue weighted by Crippen LogP contribution is -2.38. The Morgan fingerprint density at radius 3 is 2.76 bits per heavy atom. The number of anilines is 2. The highest BCUT2D eigenvalue weighted by Gasteiger charge is 2.27. The van der Waals surface area contributed by atoms with Crippen LogP contribution in [0.25, 0.3) is 10.9 Å². The van der Waals surface area contributed by atoms with E-state index in [1.807, 2.05) is 43.3 Å². The van der Waals surface area contributed by atoms with Gasteiger partial charge in [-0.05, 0) is 55.7 Å². The summed E-state index contributed by atoms with van der Waals surface area (Å²) in [5, 5.41) is 14.1. The average Bonchev–Trinajstić information content (AvgIpc) is 2.73. The number of rotatable bonds is 3. The van der Waals surface area contributed by atoms with Crippen LogP contribution in [0.5, 0.6) is 0 Å². The summed E-state index contributed by atoms with van der Waals surface area (Å²) in [5.74, 6) is 0.00683. The minimum Gasteiger partial charge on any atom is -0.370 e. The van der Waals surface area contributed by atoms with Crippen molar-refractivity contribution in [1.82, 2.24) is 4.98 Å². The van der Waals surface area contributed by atoms with Crippen LogP contribution in [0.2, 0.25) is 5.02 Å². The van der Waals surface area contributed by atoms with Crippen LogP contribution in [0, 0.1) is 24.2 Å². The van der Waals surface area contributed by atoms with E-state index in [2.05, 4.69) is 21.3 Å². The quantitative estimate of drug-likeness (QED) is 0.672. The first-order valence-corrected chi connectivity index (χ1v) is 10.0. The van der Waals surface area contributed by atoms with Crippen molar-refractivity contribution in [3.63, 3.8) is 0 Å². The number of hydrogen-bond donors (Lipinski definition) is 1. The van der Waals surface area contributed by atoms with Crippen LogP contribution in [0.1, 0.15) is 24.0 Å². The predicted octanol–water partition coefficient (Wildman–Crippen LogP) is 4.92. The molecule has 3 aromatic rings. The zero-order valence-electron chi connectivity index (χ0n) is 16.2. The number of benzene rings is 2. The summed E-state index contributed by atoms with van der Waals surface area (Å²) in [6.07, 6.45) is 3.07. The zero-order valence-corrected chi connectivity index (χ0v) is 16.9. The van der Waals surface area contributed by atoms with Crippen molar-refractivity contribution in [2.24, 2.45) is 5.92 Å². The minimum absolute atomic E-state index is 0.0472. The van der Waals surface area contributed by atoms with Gasteiger partial charge < -0.3 is 10.2 Å². The second-order valence-corrected chi connectivity index (χ2v) is 7.85. The zero-order chi connectivity index (χ0) is 20.4. The Hall–Kier alpha value is -3.10. The standard InChI is InChI=1S/C23H21ClN4O/c1-15-3-2-4-19(11-15)27-23(29)16-7-9-28(10-8-16)22-17(13-25)14-26-21-6-5-18(24)12-20(21)22/h2-6,11-12,14,16H,7-10H2,1H3,(H,27,29). The normalized spacial score (nSPS) is 14.6. The molecule has 0 unspecified atom stereocenters. The molecule has 0 spiro atoms. The van der Waals surface area contributed by atoms with Crippen molar-refractivity contribution in [2.75, 3.05) is 23.3 Å². The molecule has 1 aromatic heterocycles. The first kappa shape index (κ1) is 19.2. The van der Waals surface area contributed by atoms with Gasteiger partial charge in [-0.1, -0.05) is 23.7 Å². The molecule has 5 nitrogen and oxygen atoms in total. The number of carbonyl (C=O) groups excluding carboxylic acids is 1. The molecule has 1 aliphatic rings. The van der Waals surface area contributed by atoms with E-state index in [1.165, 1.54) is 0 Å². The number of pyridine rings is 1. The van der Waals surface area contributed by atoms with E-state index in [0.717, 1.165) is 40.7 Å². The first-order valence-electron chi connectivity index (χ1n) is 9.66.